The molecule has 2 aliphatic rings. The molecular weight excluding hydrogens is 362 g/mol. The molecule has 2 saturated heterocycles. The maximum atomic E-state index is 12.8. The van der Waals surface area contributed by atoms with E-state index >= 15 is 0 Å². The van der Waals surface area contributed by atoms with Gasteiger partial charge in [0.25, 0.3) is 0 Å². The van der Waals surface area contributed by atoms with E-state index in [-0.39, 0.29) is 30.2 Å². The van der Waals surface area contributed by atoms with Gasteiger partial charge in [0, 0.05) is 45.7 Å². The molecule has 2 fully saturated rings. The summed E-state index contributed by atoms with van der Waals surface area (Å²) in [5.41, 5.74) is 1.00. The zero-order valence-electron chi connectivity index (χ0n) is 16.4. The summed E-state index contributed by atoms with van der Waals surface area (Å²) < 4.78 is 10.1. The summed E-state index contributed by atoms with van der Waals surface area (Å²) in [6, 6.07) is 7.58. The highest BCUT2D eigenvalue weighted by Gasteiger charge is 2.37. The van der Waals surface area contributed by atoms with Gasteiger partial charge in [0.15, 0.2) is 0 Å². The molecule has 0 bridgehead atoms. The van der Waals surface area contributed by atoms with Crippen LogP contribution in [0.5, 0.6) is 5.75 Å². The quantitative estimate of drug-likeness (QED) is 0.759. The van der Waals surface area contributed by atoms with Crippen molar-refractivity contribution in [3.63, 3.8) is 0 Å². The van der Waals surface area contributed by atoms with Crippen molar-refractivity contribution < 1.29 is 23.9 Å². The molecule has 1 aromatic rings. The van der Waals surface area contributed by atoms with Crippen molar-refractivity contribution in [2.45, 2.75) is 19.9 Å². The zero-order valence-corrected chi connectivity index (χ0v) is 16.4. The minimum absolute atomic E-state index is 0.000623. The highest BCUT2D eigenvalue weighted by atomic mass is 16.6. The third-order valence-corrected chi connectivity index (χ3v) is 5.21. The van der Waals surface area contributed by atoms with Crippen LogP contribution in [0.3, 0.4) is 0 Å². The SMILES string of the molecule is CCOC(=O)N1CCN(C(=O)[C@H]2CC(=O)N(Cc3ccc(OC)cc3)C2)CC1. The predicted octanol–water partition coefficient (Wildman–Crippen LogP) is 1.34. The minimum Gasteiger partial charge on any atom is -0.497 e. The van der Waals surface area contributed by atoms with Crippen LogP contribution in [0.4, 0.5) is 4.79 Å². The Labute approximate surface area is 165 Å². The Balaban J connectivity index is 1.51. The lowest BCUT2D eigenvalue weighted by Crippen LogP contribution is -2.52. The molecule has 28 heavy (non-hydrogen) atoms. The Morgan fingerprint density at radius 1 is 1.07 bits per heavy atom. The fourth-order valence-corrected chi connectivity index (χ4v) is 3.62. The normalized spacial score (nSPS) is 19.7. The van der Waals surface area contributed by atoms with Gasteiger partial charge >= 0.3 is 6.09 Å². The number of methoxy groups -OCH3 is 1. The van der Waals surface area contributed by atoms with E-state index in [1.165, 1.54) is 0 Å². The summed E-state index contributed by atoms with van der Waals surface area (Å²) in [6.07, 6.45) is -0.0936. The number of carbonyl (C=O) groups is 3. The number of carbonyl (C=O) groups excluding carboxylic acids is 3. The van der Waals surface area contributed by atoms with Gasteiger partial charge in [-0.3, -0.25) is 9.59 Å². The largest absolute Gasteiger partial charge is 0.497 e. The van der Waals surface area contributed by atoms with Crippen LogP contribution in [0.1, 0.15) is 18.9 Å². The summed E-state index contributed by atoms with van der Waals surface area (Å²) in [4.78, 5) is 42.1. The zero-order chi connectivity index (χ0) is 20.1. The van der Waals surface area contributed by atoms with E-state index < -0.39 is 0 Å². The van der Waals surface area contributed by atoms with Crippen LogP contribution >= 0.6 is 0 Å². The van der Waals surface area contributed by atoms with Gasteiger partial charge in [0.2, 0.25) is 11.8 Å². The van der Waals surface area contributed by atoms with Gasteiger partial charge in [-0.15, -0.1) is 0 Å². The molecule has 0 radical (unpaired) electrons. The molecule has 1 atom stereocenters. The van der Waals surface area contributed by atoms with E-state index in [0.29, 0.717) is 45.9 Å². The highest BCUT2D eigenvalue weighted by Crippen LogP contribution is 2.23. The van der Waals surface area contributed by atoms with Crippen LogP contribution in [0.15, 0.2) is 24.3 Å². The van der Waals surface area contributed by atoms with E-state index in [0.717, 1.165) is 11.3 Å². The molecule has 0 aromatic heterocycles. The van der Waals surface area contributed by atoms with Crippen molar-refractivity contribution in [1.29, 1.82) is 0 Å². The van der Waals surface area contributed by atoms with Crippen LogP contribution in [0.2, 0.25) is 0 Å². The molecule has 1 aromatic carbocycles. The molecule has 0 saturated carbocycles. The molecule has 0 spiro atoms. The summed E-state index contributed by atoms with van der Waals surface area (Å²) in [7, 11) is 1.61. The molecule has 3 rings (SSSR count). The molecule has 8 heteroatoms. The molecule has 2 aliphatic heterocycles. The van der Waals surface area contributed by atoms with E-state index in [2.05, 4.69) is 0 Å². The number of likely N-dealkylation sites (tertiary alicyclic amines) is 1. The monoisotopic (exact) mass is 389 g/mol. The van der Waals surface area contributed by atoms with Gasteiger partial charge in [-0.05, 0) is 24.6 Å². The summed E-state index contributed by atoms with van der Waals surface area (Å²) in [6.45, 7) is 4.90. The molecule has 8 nitrogen and oxygen atoms in total. The third-order valence-electron chi connectivity index (χ3n) is 5.21. The van der Waals surface area contributed by atoms with Gasteiger partial charge < -0.3 is 24.2 Å². The second-order valence-electron chi connectivity index (χ2n) is 7.03. The Kier molecular flexibility index (Phi) is 6.38. The van der Waals surface area contributed by atoms with Crippen molar-refractivity contribution in [2.75, 3.05) is 46.4 Å². The van der Waals surface area contributed by atoms with E-state index in [4.69, 9.17) is 9.47 Å². The van der Waals surface area contributed by atoms with Gasteiger partial charge in [-0.25, -0.2) is 4.79 Å². The topological polar surface area (TPSA) is 79.4 Å². The molecule has 152 valence electrons. The lowest BCUT2D eigenvalue weighted by molar-refractivity contribution is -0.137. The molecule has 0 unspecified atom stereocenters. The van der Waals surface area contributed by atoms with Crippen LogP contribution in [0, 0.1) is 5.92 Å². The highest BCUT2D eigenvalue weighted by molar-refractivity contribution is 5.89. The number of benzene rings is 1. The van der Waals surface area contributed by atoms with Crippen LogP contribution < -0.4 is 4.74 Å². The Morgan fingerprint density at radius 3 is 2.32 bits per heavy atom. The molecule has 0 N–H and O–H groups in total. The lowest BCUT2D eigenvalue weighted by Gasteiger charge is -2.35. The van der Waals surface area contributed by atoms with Gasteiger partial charge in [0.1, 0.15) is 5.75 Å². The smallest absolute Gasteiger partial charge is 0.409 e. The van der Waals surface area contributed by atoms with Crippen molar-refractivity contribution in [1.82, 2.24) is 14.7 Å². The van der Waals surface area contributed by atoms with Crippen molar-refractivity contribution >= 4 is 17.9 Å². The van der Waals surface area contributed by atoms with E-state index in [1.807, 2.05) is 24.3 Å². The number of piperazine rings is 1. The van der Waals surface area contributed by atoms with Crippen molar-refractivity contribution in [2.24, 2.45) is 5.92 Å². The fourth-order valence-electron chi connectivity index (χ4n) is 3.62. The van der Waals surface area contributed by atoms with Crippen molar-refractivity contribution in [3.05, 3.63) is 29.8 Å². The van der Waals surface area contributed by atoms with Gasteiger partial charge in [0.05, 0.1) is 19.6 Å². The second kappa shape index (κ2) is 8.95. The first-order valence-corrected chi connectivity index (χ1v) is 9.63. The summed E-state index contributed by atoms with van der Waals surface area (Å²) in [5.74, 6) is 0.444. The molecule has 2 heterocycles. The number of hydrogen-bond acceptors (Lipinski definition) is 5. The summed E-state index contributed by atoms with van der Waals surface area (Å²) in [5, 5.41) is 0. The number of amides is 3. The van der Waals surface area contributed by atoms with Crippen LogP contribution in [-0.2, 0) is 20.9 Å². The second-order valence-corrected chi connectivity index (χ2v) is 7.03. The standard InChI is InChI=1S/C20H27N3O5/c1-3-28-20(26)22-10-8-21(9-11-22)19(25)16-12-18(24)23(14-16)13-15-4-6-17(27-2)7-5-15/h4-7,16H,3,8-14H2,1-2H3/t16-/m0/s1. The first-order valence-electron chi connectivity index (χ1n) is 9.63. The Hall–Kier alpha value is -2.77. The average molecular weight is 389 g/mol. The first kappa shape index (κ1) is 20.0. The molecule has 0 aliphatic carbocycles. The fraction of sp³-hybridized carbons (Fsp3) is 0.550. The number of rotatable bonds is 5. The minimum atomic E-state index is -0.337. The lowest BCUT2D eigenvalue weighted by atomic mass is 10.1. The third kappa shape index (κ3) is 4.55. The van der Waals surface area contributed by atoms with Crippen molar-refractivity contribution in [3.8, 4) is 5.75 Å². The van der Waals surface area contributed by atoms with Gasteiger partial charge in [-0.2, -0.15) is 0 Å². The first-order chi connectivity index (χ1) is 13.5. The van der Waals surface area contributed by atoms with Gasteiger partial charge in [-0.1, -0.05) is 12.1 Å². The maximum absolute atomic E-state index is 12.8. The summed E-state index contributed by atoms with van der Waals surface area (Å²) >= 11 is 0. The Morgan fingerprint density at radius 2 is 1.71 bits per heavy atom. The van der Waals surface area contributed by atoms with Crippen LogP contribution in [-0.4, -0.2) is 79.0 Å². The Bertz CT molecular complexity index is 713. The molecular formula is C20H27N3O5. The maximum Gasteiger partial charge on any atom is 0.409 e. The molecule has 3 amide bonds. The van der Waals surface area contributed by atoms with Crippen LogP contribution in [0.25, 0.3) is 0 Å². The number of ether oxygens (including phenoxy) is 2. The predicted molar refractivity (Wildman–Crippen MR) is 102 cm³/mol. The van der Waals surface area contributed by atoms with E-state index in [1.54, 1.807) is 28.7 Å². The average Bonchev–Trinajstić information content (AvgIpc) is 3.08. The van der Waals surface area contributed by atoms with E-state index in [9.17, 15) is 14.4 Å². The number of nitrogens with zero attached hydrogens (tertiary/aromatic N) is 3. The number of hydrogen-bond donors (Lipinski definition) is 0.